The highest BCUT2D eigenvalue weighted by Crippen LogP contribution is 2.07. The van der Waals surface area contributed by atoms with Crippen LogP contribution in [0.15, 0.2) is 18.2 Å². The van der Waals surface area contributed by atoms with Gasteiger partial charge in [-0.1, -0.05) is 6.92 Å². The van der Waals surface area contributed by atoms with E-state index < -0.39 is 11.6 Å². The molecule has 0 fully saturated rings. The number of hydrogen-bond acceptors (Lipinski definition) is 2. The van der Waals surface area contributed by atoms with E-state index in [4.69, 9.17) is 0 Å². The monoisotopic (exact) mass is 270 g/mol. The molecular weight excluding hydrogens is 250 g/mol. The third kappa shape index (κ3) is 6.29. The van der Waals surface area contributed by atoms with E-state index in [-0.39, 0.29) is 18.5 Å². The van der Waals surface area contributed by atoms with E-state index in [2.05, 4.69) is 10.6 Å². The van der Waals surface area contributed by atoms with Gasteiger partial charge < -0.3 is 10.6 Å². The van der Waals surface area contributed by atoms with Crippen LogP contribution in [0.25, 0.3) is 0 Å². The van der Waals surface area contributed by atoms with Crippen molar-refractivity contribution in [1.82, 2.24) is 10.6 Å². The van der Waals surface area contributed by atoms with Crippen LogP contribution in [0.2, 0.25) is 0 Å². The summed E-state index contributed by atoms with van der Waals surface area (Å²) in [5.74, 6) is -1.23. The van der Waals surface area contributed by atoms with E-state index in [9.17, 15) is 13.6 Å². The summed E-state index contributed by atoms with van der Waals surface area (Å²) < 4.78 is 25.8. The third-order valence-electron chi connectivity index (χ3n) is 2.82. The lowest BCUT2D eigenvalue weighted by molar-refractivity contribution is -0.120. The molecule has 1 unspecified atom stereocenters. The topological polar surface area (TPSA) is 41.1 Å². The normalized spacial score (nSPS) is 12.2. The summed E-state index contributed by atoms with van der Waals surface area (Å²) in [6.45, 7) is 4.64. The predicted molar refractivity (Wildman–Crippen MR) is 70.8 cm³/mol. The van der Waals surface area contributed by atoms with Crippen LogP contribution in [-0.4, -0.2) is 25.0 Å². The molecule has 0 aliphatic rings. The molecular formula is C14H20F2N2O. The van der Waals surface area contributed by atoms with Gasteiger partial charge in [-0.15, -0.1) is 0 Å². The first kappa shape index (κ1) is 15.6. The van der Waals surface area contributed by atoms with Crippen LogP contribution in [0.3, 0.4) is 0 Å². The summed E-state index contributed by atoms with van der Waals surface area (Å²) in [6.07, 6.45) is 1.36. The minimum Gasteiger partial charge on any atom is -0.353 e. The van der Waals surface area contributed by atoms with E-state index in [1.54, 1.807) is 0 Å². The summed E-state index contributed by atoms with van der Waals surface area (Å²) in [5, 5.41) is 5.77. The SMILES string of the molecule is CCC(C)NC(=O)CNCCc1cc(F)cc(F)c1. The van der Waals surface area contributed by atoms with Gasteiger partial charge in [0.2, 0.25) is 5.91 Å². The number of amides is 1. The van der Waals surface area contributed by atoms with Crippen molar-refractivity contribution in [2.45, 2.75) is 32.7 Å². The smallest absolute Gasteiger partial charge is 0.234 e. The molecule has 0 aliphatic heterocycles. The molecule has 0 saturated heterocycles. The number of carbonyl (C=O) groups is 1. The van der Waals surface area contributed by atoms with Gasteiger partial charge in [-0.25, -0.2) is 8.78 Å². The zero-order chi connectivity index (χ0) is 14.3. The van der Waals surface area contributed by atoms with Gasteiger partial charge in [0.1, 0.15) is 11.6 Å². The summed E-state index contributed by atoms with van der Waals surface area (Å²) >= 11 is 0. The predicted octanol–water partition coefficient (Wildman–Crippen LogP) is 2.01. The maximum Gasteiger partial charge on any atom is 0.234 e. The van der Waals surface area contributed by atoms with Crippen LogP contribution < -0.4 is 10.6 Å². The first-order chi connectivity index (χ1) is 9.01. The number of halogens is 2. The first-order valence-corrected chi connectivity index (χ1v) is 6.46. The van der Waals surface area contributed by atoms with Crippen LogP contribution in [0, 0.1) is 11.6 Å². The molecule has 1 atom stereocenters. The lowest BCUT2D eigenvalue weighted by Gasteiger charge is -2.11. The van der Waals surface area contributed by atoms with Gasteiger partial charge in [0.05, 0.1) is 6.54 Å². The summed E-state index contributed by atoms with van der Waals surface area (Å²) in [4.78, 5) is 11.4. The fourth-order valence-electron chi connectivity index (χ4n) is 1.62. The molecule has 1 amide bonds. The molecule has 0 bridgehead atoms. The molecule has 0 aliphatic carbocycles. The molecule has 1 rings (SSSR count). The molecule has 0 saturated carbocycles. The summed E-state index contributed by atoms with van der Waals surface area (Å²) in [5.41, 5.74) is 0.576. The van der Waals surface area contributed by atoms with Crippen molar-refractivity contribution in [3.8, 4) is 0 Å². The van der Waals surface area contributed by atoms with Gasteiger partial charge in [0.25, 0.3) is 0 Å². The standard InChI is InChI=1S/C14H20F2N2O/c1-3-10(2)18-14(19)9-17-5-4-11-6-12(15)8-13(16)7-11/h6-8,10,17H,3-5,9H2,1-2H3,(H,18,19). The van der Waals surface area contributed by atoms with E-state index in [0.717, 1.165) is 12.5 Å². The van der Waals surface area contributed by atoms with Crippen molar-refractivity contribution in [2.75, 3.05) is 13.1 Å². The van der Waals surface area contributed by atoms with Crippen LogP contribution in [-0.2, 0) is 11.2 Å². The molecule has 3 nitrogen and oxygen atoms in total. The zero-order valence-corrected chi connectivity index (χ0v) is 11.3. The number of nitrogens with one attached hydrogen (secondary N) is 2. The quantitative estimate of drug-likeness (QED) is 0.744. The van der Waals surface area contributed by atoms with E-state index in [1.807, 2.05) is 13.8 Å². The zero-order valence-electron chi connectivity index (χ0n) is 11.3. The highest BCUT2D eigenvalue weighted by atomic mass is 19.1. The van der Waals surface area contributed by atoms with Crippen molar-refractivity contribution >= 4 is 5.91 Å². The number of benzene rings is 1. The Morgan fingerprint density at radius 3 is 2.47 bits per heavy atom. The molecule has 0 spiro atoms. The number of rotatable bonds is 7. The lowest BCUT2D eigenvalue weighted by atomic mass is 10.1. The molecule has 5 heteroatoms. The second kappa shape index (κ2) is 7.84. The number of hydrogen-bond donors (Lipinski definition) is 2. The van der Waals surface area contributed by atoms with E-state index >= 15 is 0 Å². The van der Waals surface area contributed by atoms with Gasteiger partial charge in [0.15, 0.2) is 0 Å². The largest absolute Gasteiger partial charge is 0.353 e. The Morgan fingerprint density at radius 1 is 1.26 bits per heavy atom. The average molecular weight is 270 g/mol. The van der Waals surface area contributed by atoms with Gasteiger partial charge >= 0.3 is 0 Å². The van der Waals surface area contributed by atoms with Crippen LogP contribution in [0.4, 0.5) is 8.78 Å². The Morgan fingerprint density at radius 2 is 1.89 bits per heavy atom. The van der Waals surface area contributed by atoms with Crippen molar-refractivity contribution in [3.05, 3.63) is 35.4 Å². The minimum atomic E-state index is -0.579. The third-order valence-corrected chi connectivity index (χ3v) is 2.82. The fraction of sp³-hybridized carbons (Fsp3) is 0.500. The van der Waals surface area contributed by atoms with E-state index in [0.29, 0.717) is 18.5 Å². The Bertz CT molecular complexity index is 404. The molecule has 0 radical (unpaired) electrons. The molecule has 0 aromatic heterocycles. The molecule has 19 heavy (non-hydrogen) atoms. The number of carbonyl (C=O) groups excluding carboxylic acids is 1. The van der Waals surface area contributed by atoms with E-state index in [1.165, 1.54) is 12.1 Å². The molecule has 106 valence electrons. The molecule has 0 heterocycles. The highest BCUT2D eigenvalue weighted by molar-refractivity contribution is 5.78. The van der Waals surface area contributed by atoms with Crippen LogP contribution in [0.1, 0.15) is 25.8 Å². The first-order valence-electron chi connectivity index (χ1n) is 6.46. The average Bonchev–Trinajstić information content (AvgIpc) is 2.33. The second-order valence-electron chi connectivity index (χ2n) is 4.58. The second-order valence-corrected chi connectivity index (χ2v) is 4.58. The van der Waals surface area contributed by atoms with Crippen molar-refractivity contribution < 1.29 is 13.6 Å². The highest BCUT2D eigenvalue weighted by Gasteiger charge is 2.05. The van der Waals surface area contributed by atoms with Crippen LogP contribution >= 0.6 is 0 Å². The van der Waals surface area contributed by atoms with Crippen molar-refractivity contribution in [2.24, 2.45) is 0 Å². The van der Waals surface area contributed by atoms with Crippen molar-refractivity contribution in [1.29, 1.82) is 0 Å². The van der Waals surface area contributed by atoms with Gasteiger partial charge in [0, 0.05) is 12.1 Å². The van der Waals surface area contributed by atoms with Gasteiger partial charge in [-0.2, -0.15) is 0 Å². The minimum absolute atomic E-state index is 0.0697. The lowest BCUT2D eigenvalue weighted by Crippen LogP contribution is -2.39. The summed E-state index contributed by atoms with van der Waals surface area (Å²) in [6, 6.07) is 3.59. The summed E-state index contributed by atoms with van der Waals surface area (Å²) in [7, 11) is 0. The fourth-order valence-corrected chi connectivity index (χ4v) is 1.62. The van der Waals surface area contributed by atoms with Crippen molar-refractivity contribution in [3.63, 3.8) is 0 Å². The Labute approximate surface area is 112 Å². The van der Waals surface area contributed by atoms with Gasteiger partial charge in [-0.05, 0) is 44.0 Å². The molecule has 2 N–H and O–H groups in total. The Hall–Kier alpha value is -1.49. The maximum absolute atomic E-state index is 12.9. The maximum atomic E-state index is 12.9. The molecule has 1 aromatic carbocycles. The Balaban J connectivity index is 2.25. The van der Waals surface area contributed by atoms with Crippen LogP contribution in [0.5, 0.6) is 0 Å². The molecule has 1 aromatic rings. The van der Waals surface area contributed by atoms with Gasteiger partial charge in [-0.3, -0.25) is 4.79 Å². The Kier molecular flexibility index (Phi) is 6.42.